The molecule has 0 unspecified atom stereocenters. The minimum atomic E-state index is -1.42. The Balaban J connectivity index is 0.000000290. The van der Waals surface area contributed by atoms with Crippen molar-refractivity contribution in [3.63, 3.8) is 0 Å². The molecule has 8 bridgehead atoms. The van der Waals surface area contributed by atoms with Crippen LogP contribution in [0.3, 0.4) is 0 Å². The van der Waals surface area contributed by atoms with Crippen molar-refractivity contribution >= 4 is 46.6 Å². The first-order chi connectivity index (χ1) is 32.2. The van der Waals surface area contributed by atoms with Gasteiger partial charge in [-0.25, -0.2) is 9.59 Å². The first-order valence-electron chi connectivity index (χ1n) is 19.9. The van der Waals surface area contributed by atoms with Gasteiger partial charge in [-0.1, -0.05) is 36.4 Å². The van der Waals surface area contributed by atoms with E-state index < -0.39 is 43.6 Å². The topological polar surface area (TPSA) is 419 Å². The fourth-order valence-corrected chi connectivity index (χ4v) is 7.47. The number of nitrogens with zero attached hydrogens (tertiary/aromatic N) is 12. The Kier molecular flexibility index (Phi) is 23.6. The quantitative estimate of drug-likeness (QED) is 0.0888. The molecule has 8 heterocycles. The second-order valence-electron chi connectivity index (χ2n) is 15.5. The van der Waals surface area contributed by atoms with E-state index in [1.165, 1.54) is 153 Å². The van der Waals surface area contributed by atoms with Gasteiger partial charge in [0.05, 0.1) is 123 Å². The Morgan fingerprint density at radius 3 is 0.690 bits per heavy atom. The smallest absolute Gasteiger partial charge is 0.545 e. The van der Waals surface area contributed by atoms with Crippen LogP contribution in [0.15, 0.2) is 97.1 Å². The third-order valence-corrected chi connectivity index (χ3v) is 9.99. The molecule has 8 aliphatic heterocycles. The minimum absolute atomic E-state index is 0. The summed E-state index contributed by atoms with van der Waals surface area (Å²) in [5, 5.41) is 78.1. The molecule has 8 aliphatic rings. The van der Waals surface area contributed by atoms with Crippen molar-refractivity contribution in [1.82, 2.24) is 39.2 Å². The molecule has 376 valence electrons. The molecule has 12 rings (SSSR count). The van der Waals surface area contributed by atoms with Crippen molar-refractivity contribution in [2.45, 2.75) is 0 Å². The minimum Gasteiger partial charge on any atom is -0.545 e. The van der Waals surface area contributed by atoms with Crippen LogP contribution in [-0.4, -0.2) is 173 Å². The van der Waals surface area contributed by atoms with Crippen molar-refractivity contribution in [3.05, 3.63) is 160 Å². The summed E-state index contributed by atoms with van der Waals surface area (Å²) < 4.78 is 0. The molecular formula is C40H48CdN12O18+2. The Morgan fingerprint density at radius 1 is 0.366 bits per heavy atom. The van der Waals surface area contributed by atoms with Crippen LogP contribution in [-0.2, 0) is 38.3 Å². The number of benzene rings is 4. The number of carboxylic acids is 4. The molecule has 0 radical (unpaired) electrons. The van der Waals surface area contributed by atoms with Gasteiger partial charge >= 0.3 is 39.2 Å². The summed E-state index contributed by atoms with van der Waals surface area (Å²) in [7, 11) is 0. The Labute approximate surface area is 421 Å². The van der Waals surface area contributed by atoms with Crippen LogP contribution >= 0.6 is 0 Å². The van der Waals surface area contributed by atoms with E-state index in [4.69, 9.17) is 10.2 Å². The zero-order valence-electron chi connectivity index (χ0n) is 37.6. The summed E-state index contributed by atoms with van der Waals surface area (Å²) in [5.74, 6) is -5.17. The van der Waals surface area contributed by atoms with E-state index in [-0.39, 0.29) is 83.3 Å². The van der Waals surface area contributed by atoms with Gasteiger partial charge in [0.1, 0.15) is 0 Å². The van der Waals surface area contributed by atoms with Crippen molar-refractivity contribution in [3.8, 4) is 0 Å². The summed E-state index contributed by atoms with van der Waals surface area (Å²) in [4.78, 5) is 99.1. The number of non-ortho nitro benzene ring substituents is 4. The molecule has 30 nitrogen and oxygen atoms in total. The van der Waals surface area contributed by atoms with Gasteiger partial charge in [-0.05, 0) is 12.1 Å². The number of carbonyl (C=O) groups is 4. The first kappa shape index (κ1) is 60.0. The summed E-state index contributed by atoms with van der Waals surface area (Å²) in [5.41, 5.74) is -1.47. The van der Waals surface area contributed by atoms with Crippen molar-refractivity contribution in [2.24, 2.45) is 0 Å². The number of aromatic carboxylic acids is 4. The van der Waals surface area contributed by atoms with E-state index >= 15 is 0 Å². The molecule has 0 aliphatic carbocycles. The van der Waals surface area contributed by atoms with E-state index in [2.05, 4.69) is 39.2 Å². The van der Waals surface area contributed by atoms with E-state index in [0.717, 1.165) is 24.3 Å². The summed E-state index contributed by atoms with van der Waals surface area (Å²) in [6.07, 6.45) is 0. The maximum atomic E-state index is 10.4. The Hall–Kier alpha value is -7.12. The zero-order valence-corrected chi connectivity index (χ0v) is 41.6. The van der Waals surface area contributed by atoms with Crippen LogP contribution in [0.2, 0.25) is 0 Å². The van der Waals surface area contributed by atoms with E-state index in [1.54, 1.807) is 0 Å². The van der Waals surface area contributed by atoms with Crippen LogP contribution in [0.4, 0.5) is 22.7 Å². The molecule has 4 aromatic carbocycles. The number of rotatable bonds is 8. The van der Waals surface area contributed by atoms with Gasteiger partial charge in [0.15, 0.2) is 0 Å². The Bertz CT molecular complexity index is 2010. The molecule has 31 heteroatoms. The van der Waals surface area contributed by atoms with Gasteiger partial charge in [0.25, 0.3) is 22.7 Å². The fraction of sp³-hybridized carbons (Fsp3) is 0.300. The van der Waals surface area contributed by atoms with Gasteiger partial charge in [-0.3, -0.25) is 79.7 Å². The summed E-state index contributed by atoms with van der Waals surface area (Å²) >= 11 is 0. The molecule has 71 heavy (non-hydrogen) atoms. The second-order valence-corrected chi connectivity index (χ2v) is 15.5. The maximum absolute atomic E-state index is 10.4. The van der Waals surface area contributed by atoms with Crippen LogP contribution in [0.25, 0.3) is 0 Å². The zero-order chi connectivity index (χ0) is 49.7. The van der Waals surface area contributed by atoms with Crippen LogP contribution in [0, 0.1) is 40.5 Å². The van der Waals surface area contributed by atoms with Crippen molar-refractivity contribution < 1.29 is 97.5 Å². The van der Waals surface area contributed by atoms with Crippen LogP contribution < -0.4 is 10.2 Å². The monoisotopic (exact) mass is 1100 g/mol. The van der Waals surface area contributed by atoms with Crippen LogP contribution in [0.5, 0.6) is 0 Å². The molecular weight excluding hydrogens is 1050 g/mol. The standard InChI is InChI=1S/4C7H5NO4.2C6H12N4.Cd.2H2O/c4*9-7(10)5-2-1-3-6(4-5)8(11)12;2*1-7-2-9-4-8(1)5-10(3-7)6-9;;;/h4*1-4H,(H,9,10);2*1-6H2;;2*1H2/q;;;;;;+2;;. The average Bonchev–Trinajstić information content (AvgIpc) is 3.29. The molecule has 0 spiro atoms. The third-order valence-electron chi connectivity index (χ3n) is 9.99. The average molecular weight is 1100 g/mol. The molecule has 4 aromatic rings. The fourth-order valence-electron chi connectivity index (χ4n) is 7.47. The Morgan fingerprint density at radius 2 is 0.535 bits per heavy atom. The number of nitro benzene ring substituents is 4. The number of nitro groups is 4. The number of carboxylic acid groups (broad SMARTS) is 4. The largest absolute Gasteiger partial charge is 2.00 e. The molecule has 8 N–H and O–H groups in total. The molecule has 0 amide bonds. The second kappa shape index (κ2) is 27.9. The molecule has 0 aromatic heterocycles. The van der Waals surface area contributed by atoms with Gasteiger partial charge in [-0.15, -0.1) is 0 Å². The van der Waals surface area contributed by atoms with E-state index in [9.17, 15) is 69.8 Å². The molecule has 8 saturated heterocycles. The predicted molar refractivity (Wildman–Crippen MR) is 238 cm³/mol. The van der Waals surface area contributed by atoms with E-state index in [1.807, 2.05) is 0 Å². The van der Waals surface area contributed by atoms with Crippen LogP contribution in [0.1, 0.15) is 41.4 Å². The number of carbonyl (C=O) groups excluding carboxylic acids is 2. The van der Waals surface area contributed by atoms with Crippen molar-refractivity contribution in [2.75, 3.05) is 80.0 Å². The molecule has 0 atom stereocenters. The summed E-state index contributed by atoms with van der Waals surface area (Å²) in [6.45, 7) is 14.2. The first-order valence-corrected chi connectivity index (χ1v) is 19.9. The number of hydrogen-bond acceptors (Lipinski definition) is 22. The summed E-state index contributed by atoms with van der Waals surface area (Å²) in [6, 6.07) is 19.2. The molecule has 8 fully saturated rings. The maximum Gasteiger partial charge on any atom is 2.00 e. The van der Waals surface area contributed by atoms with Crippen molar-refractivity contribution in [1.29, 1.82) is 0 Å². The van der Waals surface area contributed by atoms with Gasteiger partial charge < -0.3 is 41.0 Å². The molecule has 0 saturated carbocycles. The SMILES string of the molecule is C1N2CN3CN1CN(C2)C3.C1N2CN3CN1CN(C2)C3.O=C(O)c1cccc([N+](=O)[O-])c1.O=C(O)c1cccc([N+](=O)[O-])c1.O=C([O-])c1cccc([N+](=O)[O-])c1.O=C([O-])c1cccc([N+](=O)[O-])c1.[Cd+2].[OH3+].[OH3+]. The van der Waals surface area contributed by atoms with Gasteiger partial charge in [0, 0.05) is 59.7 Å². The normalized spacial score (nSPS) is 22.5. The number of hydrogen-bond donors (Lipinski definition) is 2. The predicted octanol–water partition coefficient (Wildman–Crippen LogP) is -1.38. The van der Waals surface area contributed by atoms with Gasteiger partial charge in [0.2, 0.25) is 0 Å². The van der Waals surface area contributed by atoms with E-state index in [0.29, 0.717) is 0 Å². The van der Waals surface area contributed by atoms with Gasteiger partial charge in [-0.2, -0.15) is 0 Å². The third kappa shape index (κ3) is 18.3.